The molecule has 0 aromatic rings. The largest absolute Gasteiger partial charge is 0.359 e. The number of nitrogens with zero attached hydrogens (tertiary/aromatic N) is 1. The number of likely N-dealkylation sites (N-methyl/N-ethyl adjacent to an activating group) is 1. The number of rotatable bonds is 4. The molecule has 0 aromatic heterocycles. The fraction of sp³-hybridized carbons (Fsp3) is 0.818. The minimum atomic E-state index is -0.238. The molecule has 1 heterocycles. The quantitative estimate of drug-likeness (QED) is 0.695. The Kier molecular flexibility index (Phi) is 4.56. The number of hydrogen-bond acceptors (Lipinski definition) is 2. The first-order valence-corrected chi connectivity index (χ1v) is 5.78. The van der Waals surface area contributed by atoms with Crippen LogP contribution in [0.15, 0.2) is 11.9 Å². The molecular weight excluding hydrogens is 217 g/mol. The summed E-state index contributed by atoms with van der Waals surface area (Å²) in [4.78, 5) is 2.19. The Hall–Kier alpha value is -0.120. The van der Waals surface area contributed by atoms with E-state index in [9.17, 15) is 4.39 Å². The first-order valence-electron chi connectivity index (χ1n) is 5.25. The maximum atomic E-state index is 12.7. The first-order chi connectivity index (χ1) is 6.97. The molecule has 1 saturated heterocycles. The fourth-order valence-corrected chi connectivity index (χ4v) is 1.83. The Morgan fingerprint density at radius 3 is 2.80 bits per heavy atom. The molecule has 15 heavy (non-hydrogen) atoms. The summed E-state index contributed by atoms with van der Waals surface area (Å²) >= 11 is 5.34. The number of hydrogen-bond donors (Lipinski definition) is 0. The third-order valence-electron chi connectivity index (χ3n) is 3.02. The van der Waals surface area contributed by atoms with Crippen LogP contribution in [-0.2, 0) is 4.74 Å². The Bertz CT molecular complexity index is 243. The average molecular weight is 236 g/mol. The number of alkyl halides is 1. The summed E-state index contributed by atoms with van der Waals surface area (Å²) in [7, 11) is 2.04. The molecule has 1 atom stereocenters. The molecule has 0 N–H and O–H groups in total. The second-order valence-corrected chi connectivity index (χ2v) is 4.65. The smallest absolute Gasteiger partial charge is 0.116 e. The van der Waals surface area contributed by atoms with Crippen molar-refractivity contribution in [2.24, 2.45) is 0 Å². The number of ether oxygens (including phenoxy) is 1. The molecule has 1 aliphatic rings. The van der Waals surface area contributed by atoms with Gasteiger partial charge in [0.05, 0.1) is 12.5 Å². The van der Waals surface area contributed by atoms with Crippen LogP contribution in [0, 0.1) is 0 Å². The van der Waals surface area contributed by atoms with Crippen LogP contribution in [0.25, 0.3) is 0 Å². The lowest BCUT2D eigenvalue weighted by molar-refractivity contribution is -0.0414. The maximum Gasteiger partial charge on any atom is 0.116 e. The molecule has 0 unspecified atom stereocenters. The molecule has 0 aliphatic carbocycles. The van der Waals surface area contributed by atoms with Gasteiger partial charge in [0.1, 0.15) is 11.6 Å². The summed E-state index contributed by atoms with van der Waals surface area (Å²) in [6, 6.07) is 0.374. The van der Waals surface area contributed by atoms with Crippen LogP contribution in [0.3, 0.4) is 0 Å². The highest BCUT2D eigenvalue weighted by Gasteiger charge is 2.36. The summed E-state index contributed by atoms with van der Waals surface area (Å²) in [5.41, 5.74) is -0.195. The van der Waals surface area contributed by atoms with E-state index >= 15 is 0 Å². The Labute approximate surface area is 96.0 Å². The minimum Gasteiger partial charge on any atom is -0.359 e. The van der Waals surface area contributed by atoms with Crippen molar-refractivity contribution in [2.45, 2.75) is 38.5 Å². The summed E-state index contributed by atoms with van der Waals surface area (Å²) in [5, 5.41) is 0. The van der Waals surface area contributed by atoms with Gasteiger partial charge in [-0.15, -0.1) is 11.6 Å². The SMILES string of the molecule is CN1[C@@H](CC/C=C(\F)CCl)COC1(C)C. The summed E-state index contributed by atoms with van der Waals surface area (Å²) < 4.78 is 18.4. The number of allylic oxidation sites excluding steroid dienone is 2. The molecule has 1 aliphatic heterocycles. The Balaban J connectivity index is 2.35. The van der Waals surface area contributed by atoms with E-state index in [1.165, 1.54) is 0 Å². The van der Waals surface area contributed by atoms with E-state index in [4.69, 9.17) is 16.3 Å². The van der Waals surface area contributed by atoms with Crippen molar-refractivity contribution >= 4 is 11.6 Å². The van der Waals surface area contributed by atoms with Crippen molar-refractivity contribution in [3.05, 3.63) is 11.9 Å². The van der Waals surface area contributed by atoms with Gasteiger partial charge in [0.25, 0.3) is 0 Å². The van der Waals surface area contributed by atoms with Gasteiger partial charge in [0.2, 0.25) is 0 Å². The summed E-state index contributed by atoms with van der Waals surface area (Å²) in [6.45, 7) is 4.81. The molecule has 88 valence electrons. The summed E-state index contributed by atoms with van der Waals surface area (Å²) in [5.74, 6) is -0.264. The zero-order chi connectivity index (χ0) is 11.5. The van der Waals surface area contributed by atoms with Crippen LogP contribution < -0.4 is 0 Å². The Morgan fingerprint density at radius 2 is 2.33 bits per heavy atom. The lowest BCUT2D eigenvalue weighted by atomic mass is 10.1. The van der Waals surface area contributed by atoms with Gasteiger partial charge >= 0.3 is 0 Å². The topological polar surface area (TPSA) is 12.5 Å². The zero-order valence-corrected chi connectivity index (χ0v) is 10.4. The van der Waals surface area contributed by atoms with Crippen molar-refractivity contribution < 1.29 is 9.13 Å². The zero-order valence-electron chi connectivity index (χ0n) is 9.59. The van der Waals surface area contributed by atoms with Crippen LogP contribution in [-0.4, -0.2) is 36.2 Å². The molecule has 2 nitrogen and oxygen atoms in total. The van der Waals surface area contributed by atoms with Gasteiger partial charge in [-0.2, -0.15) is 0 Å². The van der Waals surface area contributed by atoms with E-state index in [1.54, 1.807) is 6.08 Å². The highest BCUT2D eigenvalue weighted by atomic mass is 35.5. The molecule has 4 heteroatoms. The monoisotopic (exact) mass is 235 g/mol. The first kappa shape index (κ1) is 12.9. The standard InChI is InChI=1S/C11H19ClFNO/c1-11(2)14(3)10(8-15-11)6-4-5-9(13)7-12/h5,10H,4,6-8H2,1-3H3/b9-5-/t10-/m0/s1. The molecule has 0 radical (unpaired) electrons. The van der Waals surface area contributed by atoms with Gasteiger partial charge in [-0.1, -0.05) is 6.08 Å². The lowest BCUT2D eigenvalue weighted by Crippen LogP contribution is -2.40. The van der Waals surface area contributed by atoms with E-state index in [0.717, 1.165) is 13.0 Å². The molecule has 0 saturated carbocycles. The molecular formula is C11H19ClFNO. The fourth-order valence-electron chi connectivity index (χ4n) is 1.72. The minimum absolute atomic E-state index is 0.0253. The van der Waals surface area contributed by atoms with Crippen LogP contribution in [0.5, 0.6) is 0 Å². The molecule has 0 spiro atoms. The van der Waals surface area contributed by atoms with Crippen LogP contribution in [0.4, 0.5) is 4.39 Å². The predicted octanol–water partition coefficient (Wildman–Crippen LogP) is 2.93. The molecule has 0 aromatic carbocycles. The van der Waals surface area contributed by atoms with Crippen LogP contribution >= 0.6 is 11.6 Å². The van der Waals surface area contributed by atoms with Gasteiger partial charge in [0.15, 0.2) is 0 Å². The van der Waals surface area contributed by atoms with Crippen molar-refractivity contribution in [3.8, 4) is 0 Å². The average Bonchev–Trinajstić information content (AvgIpc) is 2.44. The normalized spacial score (nSPS) is 27.3. The second kappa shape index (κ2) is 5.28. The van der Waals surface area contributed by atoms with Crippen molar-refractivity contribution in [3.63, 3.8) is 0 Å². The van der Waals surface area contributed by atoms with Gasteiger partial charge in [-0.05, 0) is 33.7 Å². The number of halogens is 2. The lowest BCUT2D eigenvalue weighted by Gasteiger charge is -2.29. The van der Waals surface area contributed by atoms with E-state index < -0.39 is 0 Å². The van der Waals surface area contributed by atoms with E-state index in [2.05, 4.69) is 4.90 Å². The third-order valence-corrected chi connectivity index (χ3v) is 3.27. The van der Waals surface area contributed by atoms with Crippen molar-refractivity contribution in [1.29, 1.82) is 0 Å². The third kappa shape index (κ3) is 3.44. The van der Waals surface area contributed by atoms with Gasteiger partial charge in [-0.25, -0.2) is 4.39 Å². The van der Waals surface area contributed by atoms with E-state index in [-0.39, 0.29) is 17.4 Å². The van der Waals surface area contributed by atoms with E-state index in [0.29, 0.717) is 12.5 Å². The maximum absolute atomic E-state index is 12.7. The van der Waals surface area contributed by atoms with E-state index in [1.807, 2.05) is 20.9 Å². The molecule has 1 rings (SSSR count). The van der Waals surface area contributed by atoms with Gasteiger partial charge in [-0.3, -0.25) is 4.90 Å². The van der Waals surface area contributed by atoms with Crippen LogP contribution in [0.2, 0.25) is 0 Å². The van der Waals surface area contributed by atoms with Crippen molar-refractivity contribution in [1.82, 2.24) is 4.90 Å². The van der Waals surface area contributed by atoms with Crippen LogP contribution in [0.1, 0.15) is 26.7 Å². The van der Waals surface area contributed by atoms with Gasteiger partial charge in [0, 0.05) is 6.04 Å². The second-order valence-electron chi connectivity index (χ2n) is 4.38. The molecule has 0 bridgehead atoms. The predicted molar refractivity (Wildman–Crippen MR) is 60.7 cm³/mol. The highest BCUT2D eigenvalue weighted by molar-refractivity contribution is 6.19. The summed E-state index contributed by atoms with van der Waals surface area (Å²) in [6.07, 6.45) is 3.18. The van der Waals surface area contributed by atoms with Crippen molar-refractivity contribution in [2.75, 3.05) is 19.5 Å². The van der Waals surface area contributed by atoms with Gasteiger partial charge < -0.3 is 4.74 Å². The molecule has 0 amide bonds. The highest BCUT2D eigenvalue weighted by Crippen LogP contribution is 2.27. The Morgan fingerprint density at radius 1 is 1.67 bits per heavy atom. The molecule has 1 fully saturated rings.